The monoisotopic (exact) mass is 170 g/mol. The molecule has 0 aliphatic rings. The van der Waals surface area contributed by atoms with Crippen molar-refractivity contribution in [1.29, 1.82) is 0 Å². The Labute approximate surface area is 71.7 Å². The molecule has 1 nitrogen and oxygen atoms in total. The smallest absolute Gasteiger partial charge is 0.0639 e. The number of hydrogen-bond donors (Lipinski definition) is 1. The number of rotatable bonds is 2. The van der Waals surface area contributed by atoms with Gasteiger partial charge in [0.15, 0.2) is 0 Å². The number of aliphatic hydroxyl groups is 1. The van der Waals surface area contributed by atoms with E-state index >= 15 is 0 Å². The van der Waals surface area contributed by atoms with Crippen molar-refractivity contribution in [1.82, 2.24) is 0 Å². The summed E-state index contributed by atoms with van der Waals surface area (Å²) in [6.07, 6.45) is 0.755. The van der Waals surface area contributed by atoms with Crippen molar-refractivity contribution in [2.45, 2.75) is 32.8 Å². The molecule has 0 saturated heterocycles. The van der Waals surface area contributed by atoms with Crippen molar-refractivity contribution in [3.05, 3.63) is 21.9 Å². The second-order valence-corrected chi connectivity index (χ2v) is 4.87. The predicted octanol–water partition coefficient (Wildman–Crippen LogP) is 2.37. The fraction of sp³-hybridized carbons (Fsp3) is 0.556. The number of hydrogen-bond acceptors (Lipinski definition) is 2. The molecule has 1 rings (SSSR count). The lowest BCUT2D eigenvalue weighted by atomic mass is 10.1. The van der Waals surface area contributed by atoms with Gasteiger partial charge in [-0.25, -0.2) is 0 Å². The first kappa shape index (κ1) is 8.75. The fourth-order valence-corrected chi connectivity index (χ4v) is 2.12. The maximum atomic E-state index is 9.49. The van der Waals surface area contributed by atoms with Crippen LogP contribution in [-0.2, 0) is 6.42 Å². The molecule has 0 aromatic carbocycles. The van der Waals surface area contributed by atoms with Crippen LogP contribution in [0.5, 0.6) is 0 Å². The van der Waals surface area contributed by atoms with E-state index in [9.17, 15) is 5.11 Å². The Hall–Kier alpha value is -0.340. The average molecular weight is 170 g/mol. The van der Waals surface area contributed by atoms with Crippen LogP contribution in [0.4, 0.5) is 0 Å². The number of aryl methyl sites for hydroxylation is 1. The molecular formula is C9H14OS. The molecule has 0 bridgehead atoms. The third-order valence-electron chi connectivity index (χ3n) is 1.40. The maximum Gasteiger partial charge on any atom is 0.0639 e. The van der Waals surface area contributed by atoms with Crippen LogP contribution >= 0.6 is 11.3 Å². The Morgan fingerprint density at radius 3 is 2.45 bits per heavy atom. The van der Waals surface area contributed by atoms with Gasteiger partial charge in [0, 0.05) is 16.2 Å². The lowest BCUT2D eigenvalue weighted by molar-refractivity contribution is 0.0818. The van der Waals surface area contributed by atoms with Gasteiger partial charge >= 0.3 is 0 Å². The van der Waals surface area contributed by atoms with Crippen LogP contribution in [-0.4, -0.2) is 10.7 Å². The first-order valence-electron chi connectivity index (χ1n) is 3.75. The normalized spacial score (nSPS) is 12.0. The van der Waals surface area contributed by atoms with E-state index in [1.165, 1.54) is 9.75 Å². The molecule has 0 saturated carbocycles. The zero-order chi connectivity index (χ0) is 8.48. The summed E-state index contributed by atoms with van der Waals surface area (Å²) in [5.74, 6) is 0. The van der Waals surface area contributed by atoms with Gasteiger partial charge in [-0.3, -0.25) is 0 Å². The van der Waals surface area contributed by atoms with Gasteiger partial charge in [0.1, 0.15) is 0 Å². The van der Waals surface area contributed by atoms with Gasteiger partial charge < -0.3 is 5.11 Å². The zero-order valence-electron chi connectivity index (χ0n) is 7.22. The second-order valence-electron chi connectivity index (χ2n) is 3.50. The summed E-state index contributed by atoms with van der Waals surface area (Å²) >= 11 is 1.75. The molecule has 0 atom stereocenters. The summed E-state index contributed by atoms with van der Waals surface area (Å²) < 4.78 is 0. The number of thiophene rings is 1. The van der Waals surface area contributed by atoms with Crippen LogP contribution in [0.15, 0.2) is 12.1 Å². The van der Waals surface area contributed by atoms with Crippen molar-refractivity contribution >= 4 is 11.3 Å². The Balaban J connectivity index is 2.65. The van der Waals surface area contributed by atoms with Gasteiger partial charge in [-0.1, -0.05) is 0 Å². The van der Waals surface area contributed by atoms with Crippen molar-refractivity contribution < 1.29 is 5.11 Å². The minimum Gasteiger partial charge on any atom is -0.390 e. The Morgan fingerprint density at radius 1 is 1.45 bits per heavy atom. The highest BCUT2D eigenvalue weighted by atomic mass is 32.1. The third-order valence-corrected chi connectivity index (χ3v) is 2.40. The Bertz CT molecular complexity index is 232. The van der Waals surface area contributed by atoms with Crippen molar-refractivity contribution in [3.8, 4) is 0 Å². The fourth-order valence-electron chi connectivity index (χ4n) is 1.01. The SMILES string of the molecule is Cc1ccc(CC(C)(C)O)s1. The van der Waals surface area contributed by atoms with Crippen LogP contribution in [0.25, 0.3) is 0 Å². The van der Waals surface area contributed by atoms with Gasteiger partial charge in [0.05, 0.1) is 5.60 Å². The summed E-state index contributed by atoms with van der Waals surface area (Å²) in [5.41, 5.74) is -0.572. The van der Waals surface area contributed by atoms with Crippen molar-refractivity contribution in [2.24, 2.45) is 0 Å². The molecule has 0 unspecified atom stereocenters. The van der Waals surface area contributed by atoms with E-state index < -0.39 is 5.60 Å². The summed E-state index contributed by atoms with van der Waals surface area (Å²) in [5, 5.41) is 9.49. The van der Waals surface area contributed by atoms with Gasteiger partial charge in [0.2, 0.25) is 0 Å². The maximum absolute atomic E-state index is 9.49. The lowest BCUT2D eigenvalue weighted by Gasteiger charge is -2.14. The summed E-state index contributed by atoms with van der Waals surface area (Å²) in [6, 6.07) is 4.17. The Morgan fingerprint density at radius 2 is 2.09 bits per heavy atom. The quantitative estimate of drug-likeness (QED) is 0.722. The molecule has 0 amide bonds. The molecule has 1 aromatic rings. The highest BCUT2D eigenvalue weighted by Crippen LogP contribution is 2.20. The molecule has 2 heteroatoms. The summed E-state index contributed by atoms with van der Waals surface area (Å²) in [7, 11) is 0. The lowest BCUT2D eigenvalue weighted by Crippen LogP contribution is -2.20. The van der Waals surface area contributed by atoms with Crippen molar-refractivity contribution in [2.75, 3.05) is 0 Å². The summed E-state index contributed by atoms with van der Waals surface area (Å²) in [4.78, 5) is 2.57. The minimum atomic E-state index is -0.572. The molecule has 0 fully saturated rings. The van der Waals surface area contributed by atoms with Crippen LogP contribution in [0.1, 0.15) is 23.6 Å². The average Bonchev–Trinajstić information content (AvgIpc) is 2.10. The molecular weight excluding hydrogens is 156 g/mol. The highest BCUT2D eigenvalue weighted by molar-refractivity contribution is 7.11. The molecule has 1 heterocycles. The van der Waals surface area contributed by atoms with Crippen LogP contribution in [0.3, 0.4) is 0 Å². The predicted molar refractivity (Wildman–Crippen MR) is 49.1 cm³/mol. The van der Waals surface area contributed by atoms with Crippen LogP contribution < -0.4 is 0 Å². The van der Waals surface area contributed by atoms with Crippen molar-refractivity contribution in [3.63, 3.8) is 0 Å². The Kier molecular flexibility index (Phi) is 2.35. The van der Waals surface area contributed by atoms with E-state index in [1.54, 1.807) is 11.3 Å². The molecule has 1 aromatic heterocycles. The van der Waals surface area contributed by atoms with E-state index in [0.717, 1.165) is 6.42 Å². The van der Waals surface area contributed by atoms with E-state index in [4.69, 9.17) is 0 Å². The van der Waals surface area contributed by atoms with E-state index in [0.29, 0.717) is 0 Å². The first-order valence-corrected chi connectivity index (χ1v) is 4.57. The molecule has 62 valence electrons. The van der Waals surface area contributed by atoms with E-state index in [1.807, 2.05) is 13.8 Å². The topological polar surface area (TPSA) is 20.2 Å². The highest BCUT2D eigenvalue weighted by Gasteiger charge is 2.13. The molecule has 0 radical (unpaired) electrons. The standard InChI is InChI=1S/C9H14OS/c1-7-4-5-8(11-7)6-9(2,3)10/h4-5,10H,6H2,1-3H3. The zero-order valence-corrected chi connectivity index (χ0v) is 8.03. The van der Waals surface area contributed by atoms with E-state index in [2.05, 4.69) is 19.1 Å². The van der Waals surface area contributed by atoms with Crippen LogP contribution in [0.2, 0.25) is 0 Å². The van der Waals surface area contributed by atoms with Gasteiger partial charge in [0.25, 0.3) is 0 Å². The largest absolute Gasteiger partial charge is 0.390 e. The molecule has 1 N–H and O–H groups in total. The molecule has 0 spiro atoms. The first-order chi connectivity index (χ1) is 4.97. The van der Waals surface area contributed by atoms with Gasteiger partial charge in [-0.2, -0.15) is 0 Å². The minimum absolute atomic E-state index is 0.572. The molecule has 0 aliphatic carbocycles. The third kappa shape index (κ3) is 3.04. The molecule has 11 heavy (non-hydrogen) atoms. The molecule has 0 aliphatic heterocycles. The summed E-state index contributed by atoms with van der Waals surface area (Å²) in [6.45, 7) is 5.75. The van der Waals surface area contributed by atoms with Crippen LogP contribution in [0, 0.1) is 6.92 Å². The second kappa shape index (κ2) is 2.95. The van der Waals surface area contributed by atoms with Gasteiger partial charge in [-0.05, 0) is 32.9 Å². The van der Waals surface area contributed by atoms with E-state index in [-0.39, 0.29) is 0 Å². The van der Waals surface area contributed by atoms with Gasteiger partial charge in [-0.15, -0.1) is 11.3 Å².